The molecule has 34 heavy (non-hydrogen) atoms. The number of rotatable bonds is 9. The van der Waals surface area contributed by atoms with Gasteiger partial charge in [-0.25, -0.2) is 13.1 Å². The summed E-state index contributed by atoms with van der Waals surface area (Å²) in [6.07, 6.45) is 0. The van der Waals surface area contributed by atoms with E-state index in [4.69, 9.17) is 22.4 Å². The summed E-state index contributed by atoms with van der Waals surface area (Å²) in [6, 6.07) is 25.5. The Hall–Kier alpha value is -3.49. The van der Waals surface area contributed by atoms with E-state index < -0.39 is 10.1 Å². The van der Waals surface area contributed by atoms with Crippen molar-refractivity contribution in [3.05, 3.63) is 124 Å². The normalized spacial score (nSPS) is 12.4. The molecule has 0 saturated carbocycles. The van der Waals surface area contributed by atoms with Gasteiger partial charge < -0.3 is 14.8 Å². The first-order valence-electron chi connectivity index (χ1n) is 10.7. The average molecular weight is 477 g/mol. The lowest BCUT2D eigenvalue weighted by molar-refractivity contribution is 0.271. The van der Waals surface area contributed by atoms with Crippen molar-refractivity contribution in [1.29, 1.82) is 0 Å². The van der Waals surface area contributed by atoms with Gasteiger partial charge >= 0.3 is 0 Å². The lowest BCUT2D eigenvalue weighted by Crippen LogP contribution is -2.15. The fourth-order valence-corrected chi connectivity index (χ4v) is 4.09. The van der Waals surface area contributed by atoms with Crippen LogP contribution in [0, 0.1) is 20.1 Å². The third-order valence-corrected chi connectivity index (χ3v) is 6.42. The van der Waals surface area contributed by atoms with Crippen molar-refractivity contribution in [2.45, 2.75) is 23.7 Å². The van der Waals surface area contributed by atoms with Crippen LogP contribution in [0.3, 0.4) is 0 Å². The fraction of sp³-hybridized carbons (Fsp3) is 0.259. The van der Waals surface area contributed by atoms with Crippen molar-refractivity contribution < 1.29 is 17.7 Å². The van der Waals surface area contributed by atoms with Gasteiger partial charge in [0.05, 0.1) is 29.9 Å². The number of aliphatic hydroxyl groups excluding tert-OH is 1. The molecule has 0 amide bonds. The quantitative estimate of drug-likeness (QED) is 0.345. The molecule has 3 rings (SSSR count). The Kier molecular flexibility index (Phi) is 11.0. The molecule has 0 aliphatic rings. The molecule has 0 aromatic heterocycles. The molecule has 2 unspecified atom stereocenters. The van der Waals surface area contributed by atoms with E-state index in [0.717, 1.165) is 16.7 Å². The molecule has 3 aromatic carbocycles. The van der Waals surface area contributed by atoms with E-state index in [1.807, 2.05) is 67.6 Å². The van der Waals surface area contributed by atoms with Gasteiger partial charge in [0.25, 0.3) is 10.1 Å². The van der Waals surface area contributed by atoms with Crippen LogP contribution in [0.15, 0.2) is 89.8 Å². The van der Waals surface area contributed by atoms with Crippen molar-refractivity contribution in [3.63, 3.8) is 0 Å². The standard InChI is InChI=1S/C17H17NO3S.C10H11NO/c1-14-8-10-17(11-9-14)22(19,20)21-13-16(12-18-2)15-6-4-3-5-7-15;1-11-7-10(8-12)9-5-3-2-4-6-9/h3-11,16H,12-13H2,1H3;2-6,10,12H,7-8H2. The Morgan fingerprint density at radius 2 is 1.26 bits per heavy atom. The van der Waals surface area contributed by atoms with Gasteiger partial charge in [-0.15, -0.1) is 0 Å². The zero-order chi connectivity index (χ0) is 24.8. The van der Waals surface area contributed by atoms with Crippen LogP contribution in [0.1, 0.15) is 28.5 Å². The molecular weight excluding hydrogens is 448 g/mol. The molecule has 0 spiro atoms. The summed E-state index contributed by atoms with van der Waals surface area (Å²) in [6.45, 7) is 16.2. The Bertz CT molecular complexity index is 1180. The van der Waals surface area contributed by atoms with Gasteiger partial charge in [0, 0.05) is 0 Å². The highest BCUT2D eigenvalue weighted by atomic mass is 32.2. The van der Waals surface area contributed by atoms with Gasteiger partial charge in [-0.3, -0.25) is 4.18 Å². The van der Waals surface area contributed by atoms with Crippen LogP contribution in [0.2, 0.25) is 0 Å². The maximum atomic E-state index is 12.2. The minimum Gasteiger partial charge on any atom is -0.395 e. The van der Waals surface area contributed by atoms with Crippen molar-refractivity contribution in [2.24, 2.45) is 0 Å². The van der Waals surface area contributed by atoms with E-state index in [1.54, 1.807) is 12.1 Å². The SMILES string of the molecule is [C-]#[N+]CC(CO)c1ccccc1.[C-]#[N+]CC(COS(=O)(=O)c1ccc(C)cc1)c1ccccc1. The molecule has 0 aliphatic carbocycles. The minimum absolute atomic E-state index is 0.0244. The second-order valence-corrected chi connectivity index (χ2v) is 9.25. The Balaban J connectivity index is 0.000000287. The predicted octanol–water partition coefficient (Wildman–Crippen LogP) is 5.09. The van der Waals surface area contributed by atoms with Gasteiger partial charge in [0.15, 0.2) is 0 Å². The lowest BCUT2D eigenvalue weighted by atomic mass is 10.0. The van der Waals surface area contributed by atoms with Gasteiger partial charge in [0.2, 0.25) is 13.1 Å². The first kappa shape index (κ1) is 26.8. The molecular formula is C27H28N2O4S. The summed E-state index contributed by atoms with van der Waals surface area (Å²) in [5.41, 5.74) is 2.92. The average Bonchev–Trinajstić information content (AvgIpc) is 2.87. The number of nitrogens with zero attached hydrogens (tertiary/aromatic N) is 2. The highest BCUT2D eigenvalue weighted by Crippen LogP contribution is 2.20. The van der Waals surface area contributed by atoms with Gasteiger partial charge in [-0.2, -0.15) is 8.42 Å². The molecule has 2 atom stereocenters. The highest BCUT2D eigenvalue weighted by Gasteiger charge is 2.21. The summed E-state index contributed by atoms with van der Waals surface area (Å²) in [5.74, 6) is -0.289. The summed E-state index contributed by atoms with van der Waals surface area (Å²) in [5, 5.41) is 8.97. The number of benzene rings is 3. The molecule has 0 aliphatic heterocycles. The Morgan fingerprint density at radius 1 is 0.794 bits per heavy atom. The van der Waals surface area contributed by atoms with Crippen molar-refractivity contribution in [1.82, 2.24) is 0 Å². The van der Waals surface area contributed by atoms with Gasteiger partial charge in [-0.1, -0.05) is 78.4 Å². The third-order valence-electron chi connectivity index (χ3n) is 5.12. The highest BCUT2D eigenvalue weighted by molar-refractivity contribution is 7.86. The molecule has 0 fully saturated rings. The summed E-state index contributed by atoms with van der Waals surface area (Å²) in [4.78, 5) is 6.78. The van der Waals surface area contributed by atoms with Crippen LogP contribution in [0.4, 0.5) is 0 Å². The number of hydrogen-bond donors (Lipinski definition) is 1. The Labute approximate surface area is 202 Å². The van der Waals surface area contributed by atoms with Gasteiger partial charge in [0.1, 0.15) is 0 Å². The molecule has 176 valence electrons. The number of aryl methyl sites for hydroxylation is 1. The fourth-order valence-electron chi connectivity index (χ4n) is 3.14. The number of aliphatic hydroxyl groups is 1. The second-order valence-electron chi connectivity index (χ2n) is 7.63. The van der Waals surface area contributed by atoms with Crippen LogP contribution in [0.5, 0.6) is 0 Å². The van der Waals surface area contributed by atoms with Gasteiger partial charge in [-0.05, 0) is 30.2 Å². The molecule has 1 N–H and O–H groups in total. The molecule has 0 radical (unpaired) electrons. The lowest BCUT2D eigenvalue weighted by Gasteiger charge is -2.12. The summed E-state index contributed by atoms with van der Waals surface area (Å²) < 4.78 is 29.5. The van der Waals surface area contributed by atoms with E-state index in [-0.39, 0.29) is 36.5 Å². The van der Waals surface area contributed by atoms with Crippen LogP contribution in [-0.2, 0) is 14.3 Å². The van der Waals surface area contributed by atoms with E-state index in [1.165, 1.54) is 12.1 Å². The maximum absolute atomic E-state index is 12.2. The van der Waals surface area contributed by atoms with E-state index >= 15 is 0 Å². The van der Waals surface area contributed by atoms with E-state index in [9.17, 15) is 8.42 Å². The van der Waals surface area contributed by atoms with Crippen LogP contribution in [0.25, 0.3) is 9.69 Å². The summed E-state index contributed by atoms with van der Waals surface area (Å²) in [7, 11) is -3.80. The van der Waals surface area contributed by atoms with Crippen LogP contribution in [-0.4, -0.2) is 39.8 Å². The second kappa shape index (κ2) is 13.9. The van der Waals surface area contributed by atoms with Crippen LogP contribution >= 0.6 is 0 Å². The molecule has 7 heteroatoms. The van der Waals surface area contributed by atoms with E-state index in [2.05, 4.69) is 9.69 Å². The zero-order valence-corrected chi connectivity index (χ0v) is 19.9. The molecule has 0 heterocycles. The first-order valence-corrected chi connectivity index (χ1v) is 12.2. The zero-order valence-electron chi connectivity index (χ0n) is 19.0. The molecule has 6 nitrogen and oxygen atoms in total. The summed E-state index contributed by atoms with van der Waals surface area (Å²) >= 11 is 0. The smallest absolute Gasteiger partial charge is 0.296 e. The van der Waals surface area contributed by atoms with Crippen molar-refractivity contribution >= 4 is 10.1 Å². The molecule has 0 bridgehead atoms. The minimum atomic E-state index is -3.80. The third kappa shape index (κ3) is 8.46. The predicted molar refractivity (Wildman–Crippen MR) is 133 cm³/mol. The maximum Gasteiger partial charge on any atom is 0.296 e. The monoisotopic (exact) mass is 476 g/mol. The topological polar surface area (TPSA) is 72.3 Å². The Morgan fingerprint density at radius 3 is 1.74 bits per heavy atom. The van der Waals surface area contributed by atoms with Crippen LogP contribution < -0.4 is 0 Å². The first-order chi connectivity index (χ1) is 16.4. The largest absolute Gasteiger partial charge is 0.395 e. The molecule has 3 aromatic rings. The van der Waals surface area contributed by atoms with Crippen molar-refractivity contribution in [2.75, 3.05) is 26.3 Å². The van der Waals surface area contributed by atoms with Crippen molar-refractivity contribution in [3.8, 4) is 0 Å². The molecule has 0 saturated heterocycles. The number of hydrogen-bond acceptors (Lipinski definition) is 4. The van der Waals surface area contributed by atoms with E-state index in [0.29, 0.717) is 6.54 Å².